The molecule has 4 nitrogen and oxygen atoms in total. The second kappa shape index (κ2) is 11.4. The van der Waals surface area contributed by atoms with E-state index >= 15 is 0 Å². The summed E-state index contributed by atoms with van der Waals surface area (Å²) in [6.07, 6.45) is 2.03. The van der Waals surface area contributed by atoms with Gasteiger partial charge in [-0.05, 0) is 61.4 Å². The minimum atomic E-state index is -0.235. The number of benzene rings is 3. The highest BCUT2D eigenvalue weighted by atomic mass is 32.2. The summed E-state index contributed by atoms with van der Waals surface area (Å²) < 4.78 is 0. The fourth-order valence-electron chi connectivity index (χ4n) is 3.24. The Bertz CT molecular complexity index is 936. The fourth-order valence-corrected chi connectivity index (χ4v) is 4.24. The molecule has 0 saturated carbocycles. The van der Waals surface area contributed by atoms with Gasteiger partial charge >= 0.3 is 0 Å². The lowest BCUT2D eigenvalue weighted by molar-refractivity contribution is -0.117. The van der Waals surface area contributed by atoms with E-state index < -0.39 is 0 Å². The molecule has 0 heterocycles. The number of nitrogens with zero attached hydrogens (tertiary/aromatic N) is 1. The maximum absolute atomic E-state index is 13.6. The van der Waals surface area contributed by atoms with E-state index in [0.29, 0.717) is 12.8 Å². The third-order valence-corrected chi connectivity index (χ3v) is 6.15. The number of hydrogen-bond acceptors (Lipinski definition) is 3. The van der Waals surface area contributed by atoms with Gasteiger partial charge in [0.1, 0.15) is 0 Å². The summed E-state index contributed by atoms with van der Waals surface area (Å²) in [5, 5.41) is 2.66. The number of carbonyl (C=O) groups is 2. The number of amides is 2. The zero-order chi connectivity index (χ0) is 22.1. The molecule has 0 spiro atoms. The SMILES string of the molecule is CCCC(=O)Nc1ccc(SC(CC)C(=O)N(c2ccccc2)c2ccccc2)cc1. The molecule has 0 bridgehead atoms. The predicted octanol–water partition coefficient (Wildman–Crippen LogP) is 6.66. The van der Waals surface area contributed by atoms with Crippen LogP contribution in [0.5, 0.6) is 0 Å². The molecule has 31 heavy (non-hydrogen) atoms. The van der Waals surface area contributed by atoms with Gasteiger partial charge < -0.3 is 5.32 Å². The van der Waals surface area contributed by atoms with Crippen molar-refractivity contribution in [3.8, 4) is 0 Å². The lowest BCUT2D eigenvalue weighted by atomic mass is 10.2. The van der Waals surface area contributed by atoms with E-state index in [1.807, 2.05) is 98.8 Å². The summed E-state index contributed by atoms with van der Waals surface area (Å²) in [7, 11) is 0. The molecule has 3 aromatic carbocycles. The summed E-state index contributed by atoms with van der Waals surface area (Å²) in [4.78, 5) is 28.2. The molecule has 0 radical (unpaired) electrons. The number of thioether (sulfide) groups is 1. The Labute approximate surface area is 188 Å². The van der Waals surface area contributed by atoms with Crippen LogP contribution in [-0.2, 0) is 9.59 Å². The molecule has 1 atom stereocenters. The summed E-state index contributed by atoms with van der Waals surface area (Å²) in [5.74, 6) is 0.0658. The second-order valence-electron chi connectivity index (χ2n) is 7.18. The van der Waals surface area contributed by atoms with Crippen LogP contribution in [0.3, 0.4) is 0 Å². The van der Waals surface area contributed by atoms with E-state index in [2.05, 4.69) is 5.32 Å². The molecule has 3 rings (SSSR count). The molecular formula is C26H28N2O2S. The van der Waals surface area contributed by atoms with Gasteiger partial charge in [0.25, 0.3) is 0 Å². The summed E-state index contributed by atoms with van der Waals surface area (Å²) in [6, 6.07) is 27.2. The van der Waals surface area contributed by atoms with Crippen molar-refractivity contribution < 1.29 is 9.59 Å². The quantitative estimate of drug-likeness (QED) is 0.385. The summed E-state index contributed by atoms with van der Waals surface area (Å²) in [5.41, 5.74) is 2.48. The maximum Gasteiger partial charge on any atom is 0.245 e. The Balaban J connectivity index is 1.78. The molecule has 160 valence electrons. The van der Waals surface area contributed by atoms with Gasteiger partial charge in [0.2, 0.25) is 11.8 Å². The van der Waals surface area contributed by atoms with E-state index in [9.17, 15) is 9.59 Å². The first-order chi connectivity index (χ1) is 15.1. The van der Waals surface area contributed by atoms with E-state index in [4.69, 9.17) is 0 Å². The summed E-state index contributed by atoms with van der Waals surface area (Å²) >= 11 is 1.55. The Hall–Kier alpha value is -3.05. The van der Waals surface area contributed by atoms with E-state index in [-0.39, 0.29) is 17.1 Å². The van der Waals surface area contributed by atoms with Crippen molar-refractivity contribution in [2.24, 2.45) is 0 Å². The van der Waals surface area contributed by atoms with Gasteiger partial charge in [0.15, 0.2) is 0 Å². The van der Waals surface area contributed by atoms with E-state index in [1.165, 1.54) is 0 Å². The van der Waals surface area contributed by atoms with Crippen LogP contribution in [0.2, 0.25) is 0 Å². The predicted molar refractivity (Wildman–Crippen MR) is 130 cm³/mol. The molecule has 5 heteroatoms. The van der Waals surface area contributed by atoms with Crippen molar-refractivity contribution in [1.29, 1.82) is 0 Å². The van der Waals surface area contributed by atoms with Crippen LogP contribution in [0.4, 0.5) is 17.1 Å². The maximum atomic E-state index is 13.6. The van der Waals surface area contributed by atoms with Crippen molar-refractivity contribution in [2.45, 2.75) is 43.3 Å². The Morgan fingerprint density at radius 2 is 1.39 bits per heavy atom. The average molecular weight is 433 g/mol. The van der Waals surface area contributed by atoms with Crippen LogP contribution in [0.1, 0.15) is 33.1 Å². The fraction of sp³-hybridized carbons (Fsp3) is 0.231. The van der Waals surface area contributed by atoms with Crippen molar-refractivity contribution >= 4 is 40.6 Å². The molecule has 1 unspecified atom stereocenters. The molecule has 0 aliphatic heterocycles. The largest absolute Gasteiger partial charge is 0.326 e. The highest BCUT2D eigenvalue weighted by Gasteiger charge is 2.26. The average Bonchev–Trinajstić information content (AvgIpc) is 2.80. The number of anilines is 3. The first-order valence-corrected chi connectivity index (χ1v) is 11.5. The minimum Gasteiger partial charge on any atom is -0.326 e. The number of rotatable bonds is 9. The van der Waals surface area contributed by atoms with Crippen LogP contribution in [0, 0.1) is 0 Å². The number of hydrogen-bond donors (Lipinski definition) is 1. The Kier molecular flexibility index (Phi) is 8.30. The van der Waals surface area contributed by atoms with Gasteiger partial charge in [0, 0.05) is 28.4 Å². The molecule has 0 aromatic heterocycles. The lowest BCUT2D eigenvalue weighted by Crippen LogP contribution is -2.34. The van der Waals surface area contributed by atoms with Gasteiger partial charge in [0.05, 0.1) is 5.25 Å². The molecule has 0 fully saturated rings. The second-order valence-corrected chi connectivity index (χ2v) is 8.46. The van der Waals surface area contributed by atoms with Crippen LogP contribution < -0.4 is 10.2 Å². The molecule has 2 amide bonds. The Morgan fingerprint density at radius 3 is 1.87 bits per heavy atom. The van der Waals surface area contributed by atoms with Crippen LogP contribution in [-0.4, -0.2) is 17.1 Å². The van der Waals surface area contributed by atoms with Crippen LogP contribution >= 0.6 is 11.8 Å². The topological polar surface area (TPSA) is 49.4 Å². The van der Waals surface area contributed by atoms with Gasteiger partial charge in [-0.25, -0.2) is 0 Å². The zero-order valence-electron chi connectivity index (χ0n) is 18.0. The molecule has 3 aromatic rings. The smallest absolute Gasteiger partial charge is 0.245 e. The number of nitrogens with one attached hydrogen (secondary N) is 1. The highest BCUT2D eigenvalue weighted by Crippen LogP contribution is 2.33. The van der Waals surface area contributed by atoms with E-state index in [1.54, 1.807) is 16.7 Å². The third kappa shape index (κ3) is 6.22. The van der Waals surface area contributed by atoms with Gasteiger partial charge in [-0.15, -0.1) is 11.8 Å². The number of para-hydroxylation sites is 2. The first kappa shape index (κ1) is 22.6. The zero-order valence-corrected chi connectivity index (χ0v) is 18.8. The summed E-state index contributed by atoms with van der Waals surface area (Å²) in [6.45, 7) is 4.01. The van der Waals surface area contributed by atoms with Gasteiger partial charge in [-0.1, -0.05) is 50.2 Å². The van der Waals surface area contributed by atoms with Gasteiger partial charge in [-0.2, -0.15) is 0 Å². The van der Waals surface area contributed by atoms with Crippen molar-refractivity contribution in [2.75, 3.05) is 10.2 Å². The molecule has 1 N–H and O–H groups in total. The monoisotopic (exact) mass is 432 g/mol. The van der Waals surface area contributed by atoms with Crippen molar-refractivity contribution in [1.82, 2.24) is 0 Å². The van der Waals surface area contributed by atoms with Crippen LogP contribution in [0.15, 0.2) is 89.8 Å². The highest BCUT2D eigenvalue weighted by molar-refractivity contribution is 8.00. The van der Waals surface area contributed by atoms with Crippen molar-refractivity contribution in [3.05, 3.63) is 84.9 Å². The van der Waals surface area contributed by atoms with E-state index in [0.717, 1.165) is 28.4 Å². The van der Waals surface area contributed by atoms with Crippen LogP contribution in [0.25, 0.3) is 0 Å². The Morgan fingerprint density at radius 1 is 0.839 bits per heavy atom. The molecule has 0 aliphatic carbocycles. The minimum absolute atomic E-state index is 0.0193. The normalized spacial score (nSPS) is 11.5. The standard InChI is InChI=1S/C26H28N2O2S/c1-3-11-25(29)27-20-16-18-23(19-17-20)31-24(4-2)26(30)28(21-12-7-5-8-13-21)22-14-9-6-10-15-22/h5-10,12-19,24H,3-4,11H2,1-2H3,(H,27,29). The third-order valence-electron chi connectivity index (χ3n) is 4.79. The van der Waals surface area contributed by atoms with Gasteiger partial charge in [-0.3, -0.25) is 14.5 Å². The lowest BCUT2D eigenvalue weighted by Gasteiger charge is -2.27. The molecule has 0 aliphatic rings. The number of carbonyl (C=O) groups excluding carboxylic acids is 2. The first-order valence-electron chi connectivity index (χ1n) is 10.6. The molecule has 0 saturated heterocycles. The molecular weight excluding hydrogens is 404 g/mol. The van der Waals surface area contributed by atoms with Crippen molar-refractivity contribution in [3.63, 3.8) is 0 Å².